The molecule has 0 saturated heterocycles. The van der Waals surface area contributed by atoms with Gasteiger partial charge in [0.15, 0.2) is 18.1 Å². The highest BCUT2D eigenvalue weighted by Crippen LogP contribution is 2.30. The Bertz CT molecular complexity index is 390. The fourth-order valence-electron chi connectivity index (χ4n) is 1.28. The number of aliphatic hydroxyl groups is 1. The molecule has 5 heteroatoms. The summed E-state index contributed by atoms with van der Waals surface area (Å²) in [5.74, 6) is 0.749. The Morgan fingerprint density at radius 2 is 2.18 bits per heavy atom. The largest absolute Gasteiger partial charge is 0.493 e. The number of methoxy groups -OCH3 is 1. The third-order valence-electron chi connectivity index (χ3n) is 2.31. The highest BCUT2D eigenvalue weighted by atomic mass is 16.5. The van der Waals surface area contributed by atoms with Gasteiger partial charge in [0.05, 0.1) is 13.2 Å². The van der Waals surface area contributed by atoms with Crippen molar-refractivity contribution in [3.63, 3.8) is 0 Å². The number of amides is 1. The van der Waals surface area contributed by atoms with Crippen molar-refractivity contribution in [1.29, 1.82) is 0 Å². The highest BCUT2D eigenvalue weighted by Gasteiger charge is 2.09. The van der Waals surface area contributed by atoms with Gasteiger partial charge < -0.3 is 19.9 Å². The van der Waals surface area contributed by atoms with E-state index in [4.69, 9.17) is 9.47 Å². The predicted molar refractivity (Wildman–Crippen MR) is 63.2 cm³/mol. The van der Waals surface area contributed by atoms with E-state index in [9.17, 15) is 9.90 Å². The van der Waals surface area contributed by atoms with E-state index in [-0.39, 0.29) is 12.5 Å². The van der Waals surface area contributed by atoms with Gasteiger partial charge in [-0.05, 0) is 24.6 Å². The predicted octanol–water partition coefficient (Wildman–Crippen LogP) is 0.873. The van der Waals surface area contributed by atoms with Crippen LogP contribution in [-0.2, 0) is 4.79 Å². The number of ether oxygens (including phenoxy) is 2. The summed E-state index contributed by atoms with van der Waals surface area (Å²) in [6, 6.07) is 5.08. The molecular weight excluding hydrogens is 222 g/mol. The lowest BCUT2D eigenvalue weighted by Gasteiger charge is -2.12. The molecular formula is C12H17NO4. The van der Waals surface area contributed by atoms with E-state index in [1.807, 2.05) is 0 Å². The Morgan fingerprint density at radius 1 is 1.47 bits per heavy atom. The van der Waals surface area contributed by atoms with Crippen LogP contribution in [0, 0.1) is 0 Å². The zero-order chi connectivity index (χ0) is 12.8. The van der Waals surface area contributed by atoms with Gasteiger partial charge in [0.1, 0.15) is 0 Å². The van der Waals surface area contributed by atoms with E-state index in [1.165, 1.54) is 7.11 Å². The van der Waals surface area contributed by atoms with Crippen molar-refractivity contribution in [2.24, 2.45) is 0 Å². The van der Waals surface area contributed by atoms with E-state index >= 15 is 0 Å². The minimum absolute atomic E-state index is 0.0686. The average Bonchev–Trinajstić information content (AvgIpc) is 2.35. The number of likely N-dealkylation sites (N-methyl/N-ethyl adjacent to an activating group) is 1. The minimum Gasteiger partial charge on any atom is -0.493 e. The number of carbonyl (C=O) groups is 1. The molecule has 94 valence electrons. The number of hydrogen-bond acceptors (Lipinski definition) is 4. The first-order chi connectivity index (χ1) is 8.08. The van der Waals surface area contributed by atoms with Gasteiger partial charge in [-0.2, -0.15) is 0 Å². The van der Waals surface area contributed by atoms with E-state index in [1.54, 1.807) is 32.2 Å². The first-order valence-corrected chi connectivity index (χ1v) is 5.28. The van der Waals surface area contributed by atoms with E-state index < -0.39 is 6.10 Å². The lowest BCUT2D eigenvalue weighted by atomic mass is 10.1. The average molecular weight is 239 g/mol. The van der Waals surface area contributed by atoms with Gasteiger partial charge in [0, 0.05) is 7.05 Å². The molecule has 0 fully saturated rings. The molecule has 1 atom stereocenters. The second-order valence-corrected chi connectivity index (χ2v) is 3.55. The first-order valence-electron chi connectivity index (χ1n) is 5.28. The Balaban J connectivity index is 2.81. The smallest absolute Gasteiger partial charge is 0.257 e. The van der Waals surface area contributed by atoms with E-state index in [0.29, 0.717) is 11.5 Å². The molecule has 0 heterocycles. The fourth-order valence-corrected chi connectivity index (χ4v) is 1.28. The quantitative estimate of drug-likeness (QED) is 0.800. The van der Waals surface area contributed by atoms with Crippen LogP contribution in [-0.4, -0.2) is 31.8 Å². The molecule has 0 aliphatic carbocycles. The SMILES string of the molecule is CNC(=O)COc1ccc([C@@H](C)O)cc1OC. The van der Waals surface area contributed by atoms with Crippen LogP contribution in [0.5, 0.6) is 11.5 Å². The molecule has 2 N–H and O–H groups in total. The van der Waals surface area contributed by atoms with Crippen LogP contribution in [0.3, 0.4) is 0 Å². The fraction of sp³-hybridized carbons (Fsp3) is 0.417. The summed E-state index contributed by atoms with van der Waals surface area (Å²) in [5, 5.41) is 11.9. The molecule has 5 nitrogen and oxygen atoms in total. The molecule has 0 spiro atoms. The standard InChI is InChI=1S/C12H17NO4/c1-8(14)9-4-5-10(11(6-9)16-3)17-7-12(15)13-2/h4-6,8,14H,7H2,1-3H3,(H,13,15)/t8-/m1/s1. The van der Waals surface area contributed by atoms with Gasteiger partial charge in [0.25, 0.3) is 5.91 Å². The van der Waals surface area contributed by atoms with E-state index in [0.717, 1.165) is 5.56 Å². The van der Waals surface area contributed by atoms with Gasteiger partial charge in [-0.15, -0.1) is 0 Å². The summed E-state index contributed by atoms with van der Waals surface area (Å²) in [6.45, 7) is 1.60. The second kappa shape index (κ2) is 6.10. The summed E-state index contributed by atoms with van der Waals surface area (Å²) < 4.78 is 10.4. The number of aliphatic hydroxyl groups excluding tert-OH is 1. The number of carbonyl (C=O) groups excluding carboxylic acids is 1. The molecule has 1 aromatic rings. The summed E-state index contributed by atoms with van der Waals surface area (Å²) in [7, 11) is 3.05. The Kier molecular flexibility index (Phi) is 4.78. The van der Waals surface area contributed by atoms with Gasteiger partial charge in [-0.3, -0.25) is 4.79 Å². The highest BCUT2D eigenvalue weighted by molar-refractivity contribution is 5.77. The van der Waals surface area contributed by atoms with Crippen molar-refractivity contribution >= 4 is 5.91 Å². The molecule has 17 heavy (non-hydrogen) atoms. The van der Waals surface area contributed by atoms with Gasteiger partial charge in [0.2, 0.25) is 0 Å². The molecule has 0 saturated carbocycles. The molecule has 0 bridgehead atoms. The zero-order valence-corrected chi connectivity index (χ0v) is 10.2. The summed E-state index contributed by atoms with van der Waals surface area (Å²) >= 11 is 0. The number of nitrogens with one attached hydrogen (secondary N) is 1. The number of benzene rings is 1. The molecule has 1 rings (SSSR count). The van der Waals surface area contributed by atoms with Crippen molar-refractivity contribution in [3.05, 3.63) is 23.8 Å². The summed E-state index contributed by atoms with van der Waals surface area (Å²) in [6.07, 6.45) is -0.572. The molecule has 0 radical (unpaired) electrons. The van der Waals surface area contributed by atoms with Gasteiger partial charge in [-0.25, -0.2) is 0 Å². The maximum Gasteiger partial charge on any atom is 0.257 e. The lowest BCUT2D eigenvalue weighted by Crippen LogP contribution is -2.24. The third-order valence-corrected chi connectivity index (χ3v) is 2.31. The van der Waals surface area contributed by atoms with Gasteiger partial charge >= 0.3 is 0 Å². The zero-order valence-electron chi connectivity index (χ0n) is 10.2. The number of rotatable bonds is 5. The normalized spacial score (nSPS) is 11.8. The third kappa shape index (κ3) is 3.64. The van der Waals surface area contributed by atoms with Crippen LogP contribution in [0.25, 0.3) is 0 Å². The van der Waals surface area contributed by atoms with Crippen molar-refractivity contribution < 1.29 is 19.4 Å². The van der Waals surface area contributed by atoms with Crippen LogP contribution in [0.2, 0.25) is 0 Å². The molecule has 1 aromatic carbocycles. The lowest BCUT2D eigenvalue weighted by molar-refractivity contribution is -0.122. The molecule has 0 unspecified atom stereocenters. The van der Waals surface area contributed by atoms with Crippen LogP contribution in [0.4, 0.5) is 0 Å². The van der Waals surface area contributed by atoms with Crippen LogP contribution in [0.1, 0.15) is 18.6 Å². The molecule has 0 aromatic heterocycles. The molecule has 1 amide bonds. The molecule has 0 aliphatic rings. The minimum atomic E-state index is -0.572. The monoisotopic (exact) mass is 239 g/mol. The Hall–Kier alpha value is -1.75. The Morgan fingerprint density at radius 3 is 2.71 bits per heavy atom. The Labute approximate surface area is 100 Å². The van der Waals surface area contributed by atoms with Crippen LogP contribution < -0.4 is 14.8 Å². The second-order valence-electron chi connectivity index (χ2n) is 3.55. The van der Waals surface area contributed by atoms with Crippen LogP contribution in [0.15, 0.2) is 18.2 Å². The maximum absolute atomic E-state index is 11.0. The number of hydrogen-bond donors (Lipinski definition) is 2. The maximum atomic E-state index is 11.0. The topological polar surface area (TPSA) is 67.8 Å². The van der Waals surface area contributed by atoms with Crippen molar-refractivity contribution in [2.45, 2.75) is 13.0 Å². The first kappa shape index (κ1) is 13.3. The summed E-state index contributed by atoms with van der Waals surface area (Å²) in [4.78, 5) is 11.0. The van der Waals surface area contributed by atoms with Crippen molar-refractivity contribution in [1.82, 2.24) is 5.32 Å². The van der Waals surface area contributed by atoms with Gasteiger partial charge in [-0.1, -0.05) is 6.07 Å². The van der Waals surface area contributed by atoms with Crippen LogP contribution >= 0.6 is 0 Å². The van der Waals surface area contributed by atoms with Crippen molar-refractivity contribution in [3.8, 4) is 11.5 Å². The molecule has 0 aliphatic heterocycles. The van der Waals surface area contributed by atoms with E-state index in [2.05, 4.69) is 5.32 Å². The summed E-state index contributed by atoms with van der Waals surface area (Å²) in [5.41, 5.74) is 0.731. The van der Waals surface area contributed by atoms with Crippen molar-refractivity contribution in [2.75, 3.05) is 20.8 Å².